The third-order valence-electron chi connectivity index (χ3n) is 6.77. The molecular formula is C28H30N4O. The van der Waals surface area contributed by atoms with Crippen LogP contribution in [-0.2, 0) is 6.42 Å². The van der Waals surface area contributed by atoms with Crippen molar-refractivity contribution < 1.29 is 4.79 Å². The van der Waals surface area contributed by atoms with Crippen LogP contribution < -0.4 is 0 Å². The van der Waals surface area contributed by atoms with E-state index in [1.54, 1.807) is 0 Å². The van der Waals surface area contributed by atoms with Gasteiger partial charge < -0.3 is 14.8 Å². The topological polar surface area (TPSA) is 52.2 Å². The van der Waals surface area contributed by atoms with Crippen molar-refractivity contribution in [2.45, 2.75) is 25.3 Å². The third kappa shape index (κ3) is 4.83. The molecule has 1 aliphatic rings. The summed E-state index contributed by atoms with van der Waals surface area (Å²) in [5.41, 5.74) is 5.07. The summed E-state index contributed by atoms with van der Waals surface area (Å²) in [5.74, 6) is 0.950. The Hall–Kier alpha value is -3.44. The Bertz CT molecular complexity index is 1170. The van der Waals surface area contributed by atoms with Gasteiger partial charge in [-0.2, -0.15) is 0 Å². The number of hydrogen-bond donors (Lipinski definition) is 1. The van der Waals surface area contributed by atoms with Gasteiger partial charge in [-0.05, 0) is 56.1 Å². The van der Waals surface area contributed by atoms with E-state index in [2.05, 4.69) is 52.2 Å². The van der Waals surface area contributed by atoms with Gasteiger partial charge in [-0.25, -0.2) is 4.98 Å². The van der Waals surface area contributed by atoms with Crippen molar-refractivity contribution in [3.8, 4) is 11.4 Å². The number of nitrogens with one attached hydrogen (secondary N) is 1. The molecule has 0 atom stereocenters. The van der Waals surface area contributed by atoms with Crippen LogP contribution >= 0.6 is 0 Å². The lowest BCUT2D eigenvalue weighted by atomic mass is 10.0. The number of H-pyrrole nitrogens is 1. The Morgan fingerprint density at radius 2 is 1.67 bits per heavy atom. The Morgan fingerprint density at radius 1 is 0.970 bits per heavy atom. The minimum Gasteiger partial charge on any atom is -0.339 e. The van der Waals surface area contributed by atoms with Crippen molar-refractivity contribution >= 4 is 16.9 Å². The highest BCUT2D eigenvalue weighted by atomic mass is 16.2. The van der Waals surface area contributed by atoms with Gasteiger partial charge in [0, 0.05) is 36.8 Å². The first-order chi connectivity index (χ1) is 16.2. The highest BCUT2D eigenvalue weighted by Crippen LogP contribution is 2.22. The summed E-state index contributed by atoms with van der Waals surface area (Å²) in [6, 6.07) is 27.0. The van der Waals surface area contributed by atoms with Crippen LogP contribution in [0.15, 0.2) is 78.9 Å². The molecule has 1 saturated heterocycles. The lowest BCUT2D eigenvalue weighted by Crippen LogP contribution is -2.46. The zero-order chi connectivity index (χ0) is 22.6. The molecule has 5 heteroatoms. The van der Waals surface area contributed by atoms with Crippen molar-refractivity contribution in [2.75, 3.05) is 26.7 Å². The van der Waals surface area contributed by atoms with Gasteiger partial charge in [-0.1, -0.05) is 54.6 Å². The number of imidazole rings is 1. The highest BCUT2D eigenvalue weighted by Gasteiger charge is 2.25. The first-order valence-electron chi connectivity index (χ1n) is 11.8. The van der Waals surface area contributed by atoms with Gasteiger partial charge in [-0.15, -0.1) is 0 Å². The molecule has 33 heavy (non-hydrogen) atoms. The van der Waals surface area contributed by atoms with E-state index in [9.17, 15) is 4.79 Å². The van der Waals surface area contributed by atoms with Gasteiger partial charge >= 0.3 is 0 Å². The summed E-state index contributed by atoms with van der Waals surface area (Å²) < 4.78 is 0. The molecule has 5 rings (SSSR count). The molecule has 0 unspecified atom stereocenters. The first-order valence-corrected chi connectivity index (χ1v) is 11.8. The number of fused-ring (bicyclic) bond motifs is 1. The molecular weight excluding hydrogens is 408 g/mol. The molecule has 168 valence electrons. The van der Waals surface area contributed by atoms with Gasteiger partial charge in [0.05, 0.1) is 11.0 Å². The predicted molar refractivity (Wildman–Crippen MR) is 133 cm³/mol. The zero-order valence-corrected chi connectivity index (χ0v) is 19.1. The normalized spacial score (nSPS) is 14.8. The molecule has 3 aromatic carbocycles. The lowest BCUT2D eigenvalue weighted by molar-refractivity contribution is 0.0647. The van der Waals surface area contributed by atoms with Crippen LogP contribution in [-0.4, -0.2) is 58.4 Å². The lowest BCUT2D eigenvalue weighted by Gasteiger charge is -2.37. The van der Waals surface area contributed by atoms with Crippen molar-refractivity contribution in [3.05, 3.63) is 90.0 Å². The fourth-order valence-corrected chi connectivity index (χ4v) is 4.69. The van der Waals surface area contributed by atoms with Crippen molar-refractivity contribution in [1.82, 2.24) is 19.8 Å². The number of piperidine rings is 1. The monoisotopic (exact) mass is 438 g/mol. The van der Waals surface area contributed by atoms with E-state index in [0.717, 1.165) is 66.9 Å². The number of benzene rings is 3. The summed E-state index contributed by atoms with van der Waals surface area (Å²) in [7, 11) is 2.21. The molecule has 0 saturated carbocycles. The first kappa shape index (κ1) is 21.4. The number of hydrogen-bond acceptors (Lipinski definition) is 3. The maximum atomic E-state index is 13.1. The quantitative estimate of drug-likeness (QED) is 0.460. The van der Waals surface area contributed by atoms with Crippen molar-refractivity contribution in [3.63, 3.8) is 0 Å². The molecule has 0 aliphatic carbocycles. The molecule has 1 amide bonds. The molecule has 4 aromatic rings. The largest absolute Gasteiger partial charge is 0.339 e. The summed E-state index contributed by atoms with van der Waals surface area (Å²) >= 11 is 0. The highest BCUT2D eigenvalue weighted by molar-refractivity contribution is 5.94. The molecule has 1 fully saturated rings. The van der Waals surface area contributed by atoms with Crippen molar-refractivity contribution in [1.29, 1.82) is 0 Å². The SMILES string of the molecule is CN(CCc1ccccc1)C1CCN(C(=O)c2ccc(-c3nc4ccccc4[nH]3)cc2)CC1. The average Bonchev–Trinajstić information content (AvgIpc) is 3.32. The number of nitrogens with zero attached hydrogens (tertiary/aromatic N) is 3. The second kappa shape index (κ2) is 9.59. The minimum absolute atomic E-state index is 0.122. The van der Waals surface area contributed by atoms with E-state index in [1.807, 2.05) is 53.4 Å². The second-order valence-electron chi connectivity index (χ2n) is 8.92. The second-order valence-corrected chi connectivity index (χ2v) is 8.92. The van der Waals surface area contributed by atoms with Crippen LogP contribution in [0.5, 0.6) is 0 Å². The van der Waals surface area contributed by atoms with E-state index in [4.69, 9.17) is 0 Å². The number of aromatic nitrogens is 2. The van der Waals surface area contributed by atoms with E-state index in [0.29, 0.717) is 6.04 Å². The van der Waals surface area contributed by atoms with Crippen LogP contribution in [0, 0.1) is 0 Å². The van der Waals surface area contributed by atoms with Crippen molar-refractivity contribution in [2.24, 2.45) is 0 Å². The average molecular weight is 439 g/mol. The Morgan fingerprint density at radius 3 is 2.39 bits per heavy atom. The molecule has 1 aromatic heterocycles. The molecule has 0 bridgehead atoms. The smallest absolute Gasteiger partial charge is 0.253 e. The molecule has 0 radical (unpaired) electrons. The van der Waals surface area contributed by atoms with Gasteiger partial charge in [-0.3, -0.25) is 4.79 Å². The zero-order valence-electron chi connectivity index (χ0n) is 19.1. The summed E-state index contributed by atoms with van der Waals surface area (Å²) in [5, 5.41) is 0. The van der Waals surface area contributed by atoms with Crippen LogP contribution in [0.25, 0.3) is 22.4 Å². The fraction of sp³-hybridized carbons (Fsp3) is 0.286. The van der Waals surface area contributed by atoms with Crippen LogP contribution in [0.3, 0.4) is 0 Å². The van der Waals surface area contributed by atoms with Gasteiger partial charge in [0.2, 0.25) is 0 Å². The number of rotatable bonds is 6. The van der Waals surface area contributed by atoms with Gasteiger partial charge in [0.25, 0.3) is 5.91 Å². The Kier molecular flexibility index (Phi) is 6.22. The maximum Gasteiger partial charge on any atom is 0.253 e. The Labute approximate surface area is 195 Å². The van der Waals surface area contributed by atoms with E-state index >= 15 is 0 Å². The number of carbonyl (C=O) groups excluding carboxylic acids is 1. The molecule has 1 N–H and O–H groups in total. The number of carbonyl (C=O) groups is 1. The number of likely N-dealkylation sites (tertiary alicyclic amines) is 1. The van der Waals surface area contributed by atoms with Crippen LogP contribution in [0.4, 0.5) is 0 Å². The number of amides is 1. The summed E-state index contributed by atoms with van der Waals surface area (Å²) in [6.45, 7) is 2.67. The van der Waals surface area contributed by atoms with E-state index in [1.165, 1.54) is 5.56 Å². The number of aromatic amines is 1. The van der Waals surface area contributed by atoms with Gasteiger partial charge in [0.1, 0.15) is 5.82 Å². The third-order valence-corrected chi connectivity index (χ3v) is 6.77. The molecule has 2 heterocycles. The van der Waals surface area contributed by atoms with E-state index in [-0.39, 0.29) is 5.91 Å². The van der Waals surface area contributed by atoms with E-state index < -0.39 is 0 Å². The standard InChI is InChI=1S/C28H30N4O/c1-31(18-15-21-7-3-2-4-8-21)24-16-19-32(20-17-24)28(33)23-13-11-22(12-14-23)27-29-25-9-5-6-10-26(25)30-27/h2-14,24H,15-20H2,1H3,(H,29,30). The maximum absolute atomic E-state index is 13.1. The number of para-hydroxylation sites is 2. The Balaban J connectivity index is 1.16. The van der Waals surface area contributed by atoms with Gasteiger partial charge in [0.15, 0.2) is 0 Å². The minimum atomic E-state index is 0.122. The molecule has 1 aliphatic heterocycles. The van der Waals surface area contributed by atoms with Crippen LogP contribution in [0.1, 0.15) is 28.8 Å². The summed E-state index contributed by atoms with van der Waals surface area (Å²) in [4.78, 5) is 25.5. The molecule has 5 nitrogen and oxygen atoms in total. The number of likely N-dealkylation sites (N-methyl/N-ethyl adjacent to an activating group) is 1. The molecule has 0 spiro atoms. The predicted octanol–water partition coefficient (Wildman–Crippen LogP) is 5.01. The van der Waals surface area contributed by atoms with Crippen LogP contribution in [0.2, 0.25) is 0 Å². The summed E-state index contributed by atoms with van der Waals surface area (Å²) in [6.07, 6.45) is 3.11. The fourth-order valence-electron chi connectivity index (χ4n) is 4.69.